The van der Waals surface area contributed by atoms with E-state index in [0.717, 1.165) is 18.7 Å². The van der Waals surface area contributed by atoms with Gasteiger partial charge in [0.15, 0.2) is 0 Å². The summed E-state index contributed by atoms with van der Waals surface area (Å²) in [6.45, 7) is 5.66. The van der Waals surface area contributed by atoms with Crippen LogP contribution in [0.15, 0.2) is 24.3 Å². The molecule has 43 heavy (non-hydrogen) atoms. The van der Waals surface area contributed by atoms with Crippen LogP contribution >= 0.6 is 0 Å². The van der Waals surface area contributed by atoms with Crippen molar-refractivity contribution in [2.24, 2.45) is 11.6 Å². The molecule has 1 atom stereocenters. The number of carbonyl (C=O) groups excluding carboxylic acids is 4. The second kappa shape index (κ2) is 25.2. The zero-order valence-corrected chi connectivity index (χ0v) is 25.1. The van der Waals surface area contributed by atoms with Crippen LogP contribution in [0.2, 0.25) is 0 Å². The van der Waals surface area contributed by atoms with Crippen LogP contribution in [0.25, 0.3) is 0 Å². The van der Waals surface area contributed by atoms with Crippen LogP contribution in [0.3, 0.4) is 0 Å². The molecule has 15 heteroatoms. The number of hydrazine groups is 1. The van der Waals surface area contributed by atoms with Crippen molar-refractivity contribution in [2.75, 3.05) is 84.4 Å². The molecule has 15 nitrogen and oxygen atoms in total. The van der Waals surface area contributed by atoms with Gasteiger partial charge >= 0.3 is 0 Å². The summed E-state index contributed by atoms with van der Waals surface area (Å²) in [5.41, 5.74) is 9.42. The highest BCUT2D eigenvalue weighted by molar-refractivity contribution is 5.94. The average molecular weight is 612 g/mol. The maximum absolute atomic E-state index is 12.3. The van der Waals surface area contributed by atoms with Gasteiger partial charge in [0.1, 0.15) is 19.3 Å². The number of rotatable bonds is 27. The Hall–Kier alpha value is -3.34. The molecule has 0 radical (unpaired) electrons. The summed E-state index contributed by atoms with van der Waals surface area (Å²) in [6, 6.07) is 6.43. The predicted octanol–water partition coefficient (Wildman–Crippen LogP) is -0.975. The first-order chi connectivity index (χ1) is 20.9. The molecular weight excluding hydrogens is 562 g/mol. The molecule has 244 valence electrons. The average Bonchev–Trinajstić information content (AvgIpc) is 3.00. The standard InChI is InChI=1S/C28H49N7O8/c1-2-10-31-23-8-6-22(7-9-23)28(39)33-11-4-3-5-24(27(29)38)35-26(37)21-43-19-16-40-14-12-32-25(36)20-42-18-17-41-15-13-34-30/h6-9,24,31,34H,2-5,10-21,30H2,1H3,(H2,29,38)(H,32,36)(H,33,39)(H,35,37). The van der Waals surface area contributed by atoms with Crippen molar-refractivity contribution < 1.29 is 38.1 Å². The number of nitrogens with two attached hydrogens (primary N) is 2. The summed E-state index contributed by atoms with van der Waals surface area (Å²) >= 11 is 0. The number of amides is 4. The first kappa shape index (κ1) is 37.7. The van der Waals surface area contributed by atoms with Crippen molar-refractivity contribution in [3.05, 3.63) is 29.8 Å². The monoisotopic (exact) mass is 611 g/mol. The van der Waals surface area contributed by atoms with Gasteiger partial charge in [0.25, 0.3) is 5.91 Å². The molecule has 0 bridgehead atoms. The minimum absolute atomic E-state index is 0.0773. The van der Waals surface area contributed by atoms with Gasteiger partial charge in [0.2, 0.25) is 17.7 Å². The minimum Gasteiger partial charge on any atom is -0.385 e. The Morgan fingerprint density at radius 1 is 0.744 bits per heavy atom. The van der Waals surface area contributed by atoms with Crippen LogP contribution in [-0.4, -0.2) is 109 Å². The quantitative estimate of drug-likeness (QED) is 0.0364. The minimum atomic E-state index is -0.834. The number of nitrogens with one attached hydrogen (secondary N) is 5. The Morgan fingerprint density at radius 3 is 2.00 bits per heavy atom. The number of anilines is 1. The number of unbranched alkanes of at least 4 members (excludes halogenated alkanes) is 1. The molecule has 0 fully saturated rings. The van der Waals surface area contributed by atoms with E-state index in [2.05, 4.69) is 33.6 Å². The lowest BCUT2D eigenvalue weighted by atomic mass is 10.1. The summed E-state index contributed by atoms with van der Waals surface area (Å²) < 4.78 is 21.0. The van der Waals surface area contributed by atoms with E-state index in [-0.39, 0.29) is 44.8 Å². The summed E-state index contributed by atoms with van der Waals surface area (Å²) in [4.78, 5) is 47.9. The summed E-state index contributed by atoms with van der Waals surface area (Å²) in [5, 5.41) is 11.3. The third kappa shape index (κ3) is 20.2. The van der Waals surface area contributed by atoms with E-state index in [1.165, 1.54) is 0 Å². The molecule has 1 aromatic rings. The normalized spacial score (nSPS) is 11.5. The molecule has 0 aliphatic heterocycles. The van der Waals surface area contributed by atoms with Crippen LogP contribution in [0.4, 0.5) is 5.69 Å². The number of hydrogen-bond donors (Lipinski definition) is 7. The molecule has 1 aromatic carbocycles. The summed E-state index contributed by atoms with van der Waals surface area (Å²) in [7, 11) is 0. The zero-order valence-electron chi connectivity index (χ0n) is 25.1. The third-order valence-corrected chi connectivity index (χ3v) is 5.78. The van der Waals surface area contributed by atoms with Gasteiger partial charge in [0, 0.05) is 37.4 Å². The largest absolute Gasteiger partial charge is 0.385 e. The van der Waals surface area contributed by atoms with Gasteiger partial charge in [-0.05, 0) is 49.9 Å². The molecule has 0 aromatic heterocycles. The van der Waals surface area contributed by atoms with E-state index >= 15 is 0 Å². The number of primary amides is 1. The molecular formula is C28H49N7O8. The molecule has 0 spiro atoms. The van der Waals surface area contributed by atoms with Gasteiger partial charge in [-0.25, -0.2) is 0 Å². The maximum atomic E-state index is 12.3. The number of benzene rings is 1. The van der Waals surface area contributed by atoms with Crippen LogP contribution < -0.4 is 38.3 Å². The first-order valence-electron chi connectivity index (χ1n) is 14.6. The Kier molecular flexibility index (Phi) is 22.1. The molecule has 0 saturated heterocycles. The lowest BCUT2D eigenvalue weighted by Gasteiger charge is -2.15. The molecule has 1 unspecified atom stereocenters. The highest BCUT2D eigenvalue weighted by Crippen LogP contribution is 2.09. The SMILES string of the molecule is CCCNc1ccc(C(=O)NCCCCC(NC(=O)COCCOCCNC(=O)COCCOCCNN)C(N)=O)cc1. The van der Waals surface area contributed by atoms with Crippen molar-refractivity contribution in [3.8, 4) is 0 Å². The summed E-state index contributed by atoms with van der Waals surface area (Å²) in [6.07, 6.45) is 2.55. The maximum Gasteiger partial charge on any atom is 0.251 e. The second-order valence-electron chi connectivity index (χ2n) is 9.41. The van der Waals surface area contributed by atoms with Gasteiger partial charge in [0.05, 0.1) is 39.6 Å². The number of carbonyl (C=O) groups is 4. The van der Waals surface area contributed by atoms with Gasteiger partial charge in [-0.2, -0.15) is 0 Å². The van der Waals surface area contributed by atoms with Gasteiger partial charge in [-0.1, -0.05) is 6.92 Å². The smallest absolute Gasteiger partial charge is 0.251 e. The fourth-order valence-corrected chi connectivity index (χ4v) is 3.52. The van der Waals surface area contributed by atoms with Gasteiger partial charge in [-0.15, -0.1) is 0 Å². The predicted molar refractivity (Wildman–Crippen MR) is 161 cm³/mol. The highest BCUT2D eigenvalue weighted by atomic mass is 16.5. The molecule has 0 aliphatic rings. The fraction of sp³-hybridized carbons (Fsp3) is 0.643. The lowest BCUT2D eigenvalue weighted by molar-refractivity contribution is -0.131. The van der Waals surface area contributed by atoms with E-state index in [0.29, 0.717) is 64.3 Å². The fourth-order valence-electron chi connectivity index (χ4n) is 3.52. The van der Waals surface area contributed by atoms with E-state index in [1.54, 1.807) is 12.1 Å². The van der Waals surface area contributed by atoms with Crippen molar-refractivity contribution in [1.29, 1.82) is 0 Å². The number of hydrogen-bond acceptors (Lipinski definition) is 11. The first-order valence-corrected chi connectivity index (χ1v) is 14.6. The van der Waals surface area contributed by atoms with Crippen LogP contribution in [0.1, 0.15) is 43.0 Å². The molecule has 9 N–H and O–H groups in total. The Bertz CT molecular complexity index is 921. The van der Waals surface area contributed by atoms with Crippen molar-refractivity contribution in [2.45, 2.75) is 38.6 Å². The molecule has 1 rings (SSSR count). The third-order valence-electron chi connectivity index (χ3n) is 5.78. The van der Waals surface area contributed by atoms with Crippen LogP contribution in [0, 0.1) is 0 Å². The topological polar surface area (TPSA) is 217 Å². The zero-order chi connectivity index (χ0) is 31.5. The Labute approximate surface area is 253 Å². The van der Waals surface area contributed by atoms with E-state index in [9.17, 15) is 19.2 Å². The highest BCUT2D eigenvalue weighted by Gasteiger charge is 2.17. The summed E-state index contributed by atoms with van der Waals surface area (Å²) in [5.74, 6) is 3.56. The number of ether oxygens (including phenoxy) is 4. The Balaban J connectivity index is 2.06. The lowest BCUT2D eigenvalue weighted by Crippen LogP contribution is -2.45. The van der Waals surface area contributed by atoms with Gasteiger partial charge < -0.3 is 45.9 Å². The van der Waals surface area contributed by atoms with E-state index in [1.807, 2.05) is 12.1 Å². The van der Waals surface area contributed by atoms with Crippen molar-refractivity contribution in [1.82, 2.24) is 21.4 Å². The second-order valence-corrected chi connectivity index (χ2v) is 9.41. The van der Waals surface area contributed by atoms with Gasteiger partial charge in [-0.3, -0.25) is 30.4 Å². The van der Waals surface area contributed by atoms with Crippen molar-refractivity contribution in [3.63, 3.8) is 0 Å². The van der Waals surface area contributed by atoms with Crippen molar-refractivity contribution >= 4 is 29.3 Å². The molecule has 4 amide bonds. The van der Waals surface area contributed by atoms with Crippen LogP contribution in [-0.2, 0) is 33.3 Å². The molecule has 0 aliphatic carbocycles. The van der Waals surface area contributed by atoms with Crippen LogP contribution in [0.5, 0.6) is 0 Å². The molecule has 0 saturated carbocycles. The van der Waals surface area contributed by atoms with E-state index < -0.39 is 17.9 Å². The molecule has 0 heterocycles. The van der Waals surface area contributed by atoms with E-state index in [4.69, 9.17) is 30.5 Å². The Morgan fingerprint density at radius 2 is 1.37 bits per heavy atom.